The average molecular weight is 563 g/mol. The van der Waals surface area contributed by atoms with Gasteiger partial charge in [0.15, 0.2) is 0 Å². The Bertz CT molecular complexity index is 1740. The molecule has 0 unspecified atom stereocenters. The molecule has 0 bridgehead atoms. The van der Waals surface area contributed by atoms with E-state index >= 15 is 0 Å². The van der Waals surface area contributed by atoms with Crippen LogP contribution >= 0.6 is 11.6 Å². The zero-order valence-corrected chi connectivity index (χ0v) is 21.9. The highest BCUT2D eigenvalue weighted by atomic mass is 35.5. The third kappa shape index (κ3) is 5.36. The van der Waals surface area contributed by atoms with Gasteiger partial charge < -0.3 is 4.74 Å². The number of nitrogens with zero attached hydrogens (tertiary/aromatic N) is 3. The number of rotatable bonds is 8. The van der Waals surface area contributed by atoms with Crippen molar-refractivity contribution in [2.24, 2.45) is 5.92 Å². The predicted molar refractivity (Wildman–Crippen MR) is 138 cm³/mol. The number of benzene rings is 2. The second-order valence-electron chi connectivity index (χ2n) is 8.53. The normalized spacial score (nSPS) is 12.4. The van der Waals surface area contributed by atoms with E-state index < -0.39 is 33.1 Å². The number of ether oxygens (including phenoxy) is 1. The maximum Gasteiger partial charge on any atom is 0.263 e. The summed E-state index contributed by atoms with van der Waals surface area (Å²) in [6, 6.07) is 6.69. The number of anilines is 1. The van der Waals surface area contributed by atoms with E-state index in [2.05, 4.69) is 14.7 Å². The smallest absolute Gasteiger partial charge is 0.263 e. The average Bonchev–Trinajstić information content (AvgIpc) is 2.85. The van der Waals surface area contributed by atoms with Crippen molar-refractivity contribution in [1.29, 1.82) is 0 Å². The first-order valence-corrected chi connectivity index (χ1v) is 13.0. The third-order valence-electron chi connectivity index (χ3n) is 5.85. The van der Waals surface area contributed by atoms with Gasteiger partial charge in [-0.3, -0.25) is 18.9 Å². The highest BCUT2D eigenvalue weighted by Gasteiger charge is 2.22. The predicted octanol–water partition coefficient (Wildman–Crippen LogP) is 4.42. The van der Waals surface area contributed by atoms with Gasteiger partial charge in [-0.1, -0.05) is 18.5 Å². The van der Waals surface area contributed by atoms with Gasteiger partial charge in [0.25, 0.3) is 15.6 Å². The number of sulfonamides is 1. The Morgan fingerprint density at radius 2 is 1.89 bits per heavy atom. The fourth-order valence-electron chi connectivity index (χ4n) is 3.69. The number of nitrogens with one attached hydrogen (secondary N) is 1. The number of carbonyl (C=O) groups is 1. The van der Waals surface area contributed by atoms with E-state index in [0.717, 1.165) is 24.3 Å². The molecule has 4 aromatic rings. The van der Waals surface area contributed by atoms with Crippen molar-refractivity contribution in [3.05, 3.63) is 75.9 Å². The summed E-state index contributed by atoms with van der Waals surface area (Å²) >= 11 is 5.93. The summed E-state index contributed by atoms with van der Waals surface area (Å²) in [5.41, 5.74) is -0.344. The lowest BCUT2D eigenvalue weighted by Crippen LogP contribution is -2.26. The quantitative estimate of drug-likeness (QED) is 0.337. The minimum absolute atomic E-state index is 0.0331. The van der Waals surface area contributed by atoms with Crippen LogP contribution < -0.4 is 15.0 Å². The van der Waals surface area contributed by atoms with Crippen LogP contribution in [0, 0.1) is 17.6 Å². The molecule has 4 rings (SSSR count). The van der Waals surface area contributed by atoms with Gasteiger partial charge in [-0.15, -0.1) is 0 Å². The second kappa shape index (κ2) is 10.5. The van der Waals surface area contributed by atoms with Gasteiger partial charge in [0.05, 0.1) is 23.8 Å². The van der Waals surface area contributed by atoms with Crippen molar-refractivity contribution >= 4 is 44.0 Å². The van der Waals surface area contributed by atoms with Crippen molar-refractivity contribution in [2.45, 2.75) is 25.3 Å². The van der Waals surface area contributed by atoms with Crippen LogP contribution in [0.1, 0.15) is 13.8 Å². The number of hydrogen-bond acceptors (Lipinski definition) is 7. The molecule has 0 saturated heterocycles. The van der Waals surface area contributed by atoms with E-state index in [9.17, 15) is 26.8 Å². The second-order valence-corrected chi connectivity index (χ2v) is 10.6. The van der Waals surface area contributed by atoms with Crippen LogP contribution in [0.15, 0.2) is 58.6 Å². The lowest BCUT2D eigenvalue weighted by Gasteiger charge is -2.14. The largest absolute Gasteiger partial charge is 0.480 e. The number of methoxy groups -OCH3 is 1. The van der Waals surface area contributed by atoms with Crippen LogP contribution in [0.5, 0.6) is 5.88 Å². The van der Waals surface area contributed by atoms with Gasteiger partial charge >= 0.3 is 0 Å². The van der Waals surface area contributed by atoms with Crippen molar-refractivity contribution in [3.8, 4) is 17.0 Å². The monoisotopic (exact) mass is 562 g/mol. The number of fused-ring (bicyclic) bond motifs is 1. The molecule has 0 aliphatic heterocycles. The fraction of sp³-hybridized carbons (Fsp3) is 0.200. The van der Waals surface area contributed by atoms with E-state index in [1.807, 2.05) is 0 Å². The first-order chi connectivity index (χ1) is 17.9. The van der Waals surface area contributed by atoms with Crippen LogP contribution in [0.25, 0.3) is 22.0 Å². The SMILES string of the molecule is COc1ncc(-c2cc(F)c3ncn(C[C@@H](C)C(C)=O)c(=O)c3c2)cc1NS(=O)(=O)c1ccc(F)cc1Cl. The van der Waals surface area contributed by atoms with Gasteiger partial charge in [-0.05, 0) is 48.9 Å². The molecule has 0 spiro atoms. The molecular formula is C25H21ClF2N4O5S. The van der Waals surface area contributed by atoms with Crippen LogP contribution in [0.3, 0.4) is 0 Å². The first-order valence-electron chi connectivity index (χ1n) is 11.1. The molecule has 0 radical (unpaired) electrons. The highest BCUT2D eigenvalue weighted by molar-refractivity contribution is 7.92. The van der Waals surface area contributed by atoms with Gasteiger partial charge in [-0.2, -0.15) is 0 Å². The Kier molecular flexibility index (Phi) is 7.47. The Labute approximate surface area is 221 Å². The number of carbonyl (C=O) groups excluding carboxylic acids is 1. The molecule has 2 aromatic heterocycles. The number of halogens is 3. The summed E-state index contributed by atoms with van der Waals surface area (Å²) in [6.45, 7) is 3.15. The van der Waals surface area contributed by atoms with Crippen molar-refractivity contribution in [3.63, 3.8) is 0 Å². The van der Waals surface area contributed by atoms with Gasteiger partial charge in [0.1, 0.15) is 33.5 Å². The van der Waals surface area contributed by atoms with Crippen LogP contribution in [-0.4, -0.2) is 35.8 Å². The van der Waals surface area contributed by atoms with Crippen LogP contribution in [0.4, 0.5) is 14.5 Å². The molecule has 0 aliphatic rings. The molecule has 0 saturated carbocycles. The van der Waals surface area contributed by atoms with Crippen molar-refractivity contribution in [2.75, 3.05) is 11.8 Å². The number of hydrogen-bond donors (Lipinski definition) is 1. The topological polar surface area (TPSA) is 120 Å². The van der Waals surface area contributed by atoms with Gasteiger partial charge in [0.2, 0.25) is 5.88 Å². The molecule has 13 heteroatoms. The molecule has 2 aromatic carbocycles. The fourth-order valence-corrected chi connectivity index (χ4v) is 5.27. The molecular weight excluding hydrogens is 542 g/mol. The number of ketones is 1. The molecule has 2 heterocycles. The third-order valence-corrected chi connectivity index (χ3v) is 7.70. The standard InChI is InChI=1S/C25H21ClF2N4O5S/c1-13(14(2)33)11-32-12-30-23-18(25(32)34)6-15(7-20(23)28)16-8-21(24(37-3)29-10-16)31-38(35,36)22-5-4-17(27)9-19(22)26/h4-10,12-13,31H,11H2,1-3H3/t13-/m1/s1. The van der Waals surface area contributed by atoms with Gasteiger partial charge in [-0.25, -0.2) is 27.2 Å². The van der Waals surface area contributed by atoms with Crippen LogP contribution in [-0.2, 0) is 21.4 Å². The Morgan fingerprint density at radius 3 is 2.55 bits per heavy atom. The molecule has 198 valence electrons. The van der Waals surface area contributed by atoms with E-state index in [-0.39, 0.29) is 55.8 Å². The molecule has 38 heavy (non-hydrogen) atoms. The highest BCUT2D eigenvalue weighted by Crippen LogP contribution is 2.33. The Balaban J connectivity index is 1.79. The summed E-state index contributed by atoms with van der Waals surface area (Å²) in [5.74, 6) is -2.15. The van der Waals surface area contributed by atoms with E-state index in [0.29, 0.717) is 0 Å². The Morgan fingerprint density at radius 1 is 1.16 bits per heavy atom. The summed E-state index contributed by atoms with van der Waals surface area (Å²) in [4.78, 5) is 32.5. The molecule has 0 fully saturated rings. The summed E-state index contributed by atoms with van der Waals surface area (Å²) in [5, 5.41) is -0.366. The lowest BCUT2D eigenvalue weighted by atomic mass is 10.0. The molecule has 0 aliphatic carbocycles. The number of pyridine rings is 1. The van der Waals surface area contributed by atoms with E-state index in [1.165, 1.54) is 43.3 Å². The zero-order valence-electron chi connectivity index (χ0n) is 20.3. The first kappa shape index (κ1) is 27.1. The number of Topliss-reactive ketones (excluding diaryl/α,β-unsaturated/α-hetero) is 1. The molecule has 1 N–H and O–H groups in total. The lowest BCUT2D eigenvalue weighted by molar-refractivity contribution is -0.120. The minimum Gasteiger partial charge on any atom is -0.480 e. The van der Waals surface area contributed by atoms with Gasteiger partial charge in [0, 0.05) is 24.2 Å². The summed E-state index contributed by atoms with van der Waals surface area (Å²) < 4.78 is 63.0. The Hall–Kier alpha value is -3.90. The van der Waals surface area contributed by atoms with E-state index in [4.69, 9.17) is 16.3 Å². The van der Waals surface area contributed by atoms with Crippen molar-refractivity contribution in [1.82, 2.24) is 14.5 Å². The van der Waals surface area contributed by atoms with E-state index in [1.54, 1.807) is 6.92 Å². The zero-order chi connectivity index (χ0) is 27.8. The molecule has 0 amide bonds. The molecule has 1 atom stereocenters. The maximum absolute atomic E-state index is 15.0. The van der Waals surface area contributed by atoms with Crippen molar-refractivity contribution < 1.29 is 26.7 Å². The maximum atomic E-state index is 15.0. The minimum atomic E-state index is -4.30. The van der Waals surface area contributed by atoms with Crippen LogP contribution in [0.2, 0.25) is 5.02 Å². The summed E-state index contributed by atoms with van der Waals surface area (Å²) in [7, 11) is -3.03. The summed E-state index contributed by atoms with van der Waals surface area (Å²) in [6.07, 6.45) is 2.50. The number of aromatic nitrogens is 3. The molecule has 9 nitrogen and oxygen atoms in total.